The number of hydrogen-bond acceptors (Lipinski definition) is 3. The van der Waals surface area contributed by atoms with Crippen molar-refractivity contribution in [1.82, 2.24) is 5.32 Å². The Kier molecular flexibility index (Phi) is 4.73. The maximum Gasteiger partial charge on any atom is 0.203 e. The van der Waals surface area contributed by atoms with Gasteiger partial charge in [0.25, 0.3) is 0 Å². The van der Waals surface area contributed by atoms with Gasteiger partial charge in [0.15, 0.2) is 17.4 Å². The molecule has 3 nitrogen and oxygen atoms in total. The van der Waals surface area contributed by atoms with E-state index in [1.807, 2.05) is 6.92 Å². The largest absolute Gasteiger partial charge is 0.485 e. The molecule has 0 heterocycles. The fourth-order valence-corrected chi connectivity index (χ4v) is 2.41. The first-order valence-electron chi connectivity index (χ1n) is 6.77. The molecular weight excluding hydrogens is 290 g/mol. The smallest absolute Gasteiger partial charge is 0.203 e. The minimum absolute atomic E-state index is 0.104. The Balaban J connectivity index is 2.22. The van der Waals surface area contributed by atoms with Gasteiger partial charge in [0.1, 0.15) is 6.61 Å². The molecule has 1 aliphatic carbocycles. The molecule has 1 saturated carbocycles. The highest BCUT2D eigenvalue weighted by atomic mass is 19.2. The molecule has 2 N–H and O–H groups in total. The second kappa shape index (κ2) is 6.19. The van der Waals surface area contributed by atoms with Gasteiger partial charge >= 0.3 is 0 Å². The molecule has 0 radical (unpaired) electrons. The highest BCUT2D eigenvalue weighted by molar-refractivity contribution is 5.29. The summed E-state index contributed by atoms with van der Waals surface area (Å²) in [5.74, 6) is -7.18. The summed E-state index contributed by atoms with van der Waals surface area (Å²) in [6.07, 6.45) is 1.69. The third-order valence-corrected chi connectivity index (χ3v) is 3.72. The van der Waals surface area contributed by atoms with Gasteiger partial charge in [-0.15, -0.1) is 0 Å². The van der Waals surface area contributed by atoms with Crippen LogP contribution >= 0.6 is 0 Å². The van der Waals surface area contributed by atoms with E-state index in [1.165, 1.54) is 0 Å². The van der Waals surface area contributed by atoms with Crippen LogP contribution in [0.5, 0.6) is 5.75 Å². The first-order valence-corrected chi connectivity index (χ1v) is 6.77. The van der Waals surface area contributed by atoms with Crippen LogP contribution in [0.2, 0.25) is 0 Å². The molecule has 118 valence electrons. The van der Waals surface area contributed by atoms with Gasteiger partial charge < -0.3 is 15.2 Å². The van der Waals surface area contributed by atoms with Gasteiger partial charge in [-0.2, -0.15) is 8.78 Å². The lowest BCUT2D eigenvalue weighted by Crippen LogP contribution is -2.55. The number of nitrogens with one attached hydrogen (secondary N) is 1. The second-order valence-electron chi connectivity index (χ2n) is 5.20. The monoisotopic (exact) mass is 307 g/mol. The maximum absolute atomic E-state index is 13.5. The van der Waals surface area contributed by atoms with E-state index in [0.29, 0.717) is 6.54 Å². The van der Waals surface area contributed by atoms with Crippen molar-refractivity contribution in [3.63, 3.8) is 0 Å². The first-order chi connectivity index (χ1) is 9.95. The quantitative estimate of drug-likeness (QED) is 0.600. The van der Waals surface area contributed by atoms with Gasteiger partial charge in [-0.1, -0.05) is 6.92 Å². The standard InChI is InChI=1S/C14H17F4NO2/c1-2-19-14(6-20,8-3-4-8)7-21-13-11(17)9(15)5-10(16)12(13)18/h5,8,19-20H,2-4,6-7H2,1H3. The molecule has 1 unspecified atom stereocenters. The number of benzene rings is 1. The number of rotatable bonds is 7. The van der Waals surface area contributed by atoms with Crippen molar-refractivity contribution in [2.24, 2.45) is 5.92 Å². The summed E-state index contributed by atoms with van der Waals surface area (Å²) < 4.78 is 58.3. The number of ether oxygens (including phenoxy) is 1. The molecule has 0 saturated heterocycles. The van der Waals surface area contributed by atoms with Crippen molar-refractivity contribution in [1.29, 1.82) is 0 Å². The minimum atomic E-state index is -1.58. The molecule has 2 rings (SSSR count). The summed E-state index contributed by atoms with van der Waals surface area (Å²) in [6.45, 7) is 1.75. The van der Waals surface area contributed by atoms with Crippen LogP contribution in [-0.2, 0) is 0 Å². The van der Waals surface area contributed by atoms with Crippen LogP contribution in [0, 0.1) is 29.2 Å². The number of aliphatic hydroxyl groups excluding tert-OH is 1. The Labute approximate surface area is 119 Å². The van der Waals surface area contributed by atoms with E-state index in [9.17, 15) is 22.7 Å². The van der Waals surface area contributed by atoms with Crippen LogP contribution in [-0.4, -0.2) is 30.4 Å². The van der Waals surface area contributed by atoms with Crippen LogP contribution < -0.4 is 10.1 Å². The molecular formula is C14H17F4NO2. The lowest BCUT2D eigenvalue weighted by Gasteiger charge is -2.33. The van der Waals surface area contributed by atoms with Crippen molar-refractivity contribution in [2.75, 3.05) is 19.8 Å². The van der Waals surface area contributed by atoms with Gasteiger partial charge in [-0.25, -0.2) is 8.78 Å². The molecule has 0 aromatic heterocycles. The molecule has 1 aliphatic rings. The number of likely N-dealkylation sites (N-methyl/N-ethyl adjacent to an activating group) is 1. The van der Waals surface area contributed by atoms with Crippen molar-refractivity contribution < 1.29 is 27.4 Å². The lowest BCUT2D eigenvalue weighted by atomic mass is 9.95. The Morgan fingerprint density at radius 2 is 1.81 bits per heavy atom. The number of aliphatic hydroxyl groups is 1. The van der Waals surface area contributed by atoms with E-state index < -0.39 is 34.6 Å². The SMILES string of the molecule is CCNC(CO)(COc1c(F)c(F)cc(F)c1F)C1CC1. The van der Waals surface area contributed by atoms with Crippen molar-refractivity contribution in [2.45, 2.75) is 25.3 Å². The van der Waals surface area contributed by atoms with Crippen molar-refractivity contribution in [3.8, 4) is 5.75 Å². The van der Waals surface area contributed by atoms with Crippen LogP contribution in [0.1, 0.15) is 19.8 Å². The summed E-state index contributed by atoms with van der Waals surface area (Å²) in [4.78, 5) is 0. The Morgan fingerprint density at radius 1 is 1.24 bits per heavy atom. The fourth-order valence-electron chi connectivity index (χ4n) is 2.41. The Morgan fingerprint density at radius 3 is 2.24 bits per heavy atom. The molecule has 1 aromatic carbocycles. The highest BCUT2D eigenvalue weighted by Gasteiger charge is 2.45. The van der Waals surface area contributed by atoms with Gasteiger partial charge in [-0.3, -0.25) is 0 Å². The average molecular weight is 307 g/mol. The summed E-state index contributed by atoms with van der Waals surface area (Å²) in [5.41, 5.74) is -0.865. The highest BCUT2D eigenvalue weighted by Crippen LogP contribution is 2.40. The van der Waals surface area contributed by atoms with Gasteiger partial charge in [0.05, 0.1) is 12.1 Å². The normalized spacial score (nSPS) is 17.6. The number of hydrogen-bond donors (Lipinski definition) is 2. The number of halogens is 4. The zero-order chi connectivity index (χ0) is 15.6. The van der Waals surface area contributed by atoms with Crippen molar-refractivity contribution >= 4 is 0 Å². The van der Waals surface area contributed by atoms with Gasteiger partial charge in [0.2, 0.25) is 11.6 Å². The van der Waals surface area contributed by atoms with E-state index in [0.717, 1.165) is 12.8 Å². The topological polar surface area (TPSA) is 41.5 Å². The maximum atomic E-state index is 13.5. The van der Waals surface area contributed by atoms with E-state index in [1.54, 1.807) is 0 Å². The molecule has 0 amide bonds. The molecule has 1 atom stereocenters. The summed E-state index contributed by atoms with van der Waals surface area (Å²) in [5, 5.41) is 12.6. The average Bonchev–Trinajstić information content (AvgIpc) is 3.29. The third kappa shape index (κ3) is 3.13. The molecule has 1 aromatic rings. The zero-order valence-corrected chi connectivity index (χ0v) is 11.6. The van der Waals surface area contributed by atoms with Crippen LogP contribution in [0.4, 0.5) is 17.6 Å². The lowest BCUT2D eigenvalue weighted by molar-refractivity contribution is 0.0815. The third-order valence-electron chi connectivity index (χ3n) is 3.72. The molecule has 0 spiro atoms. The van der Waals surface area contributed by atoms with Gasteiger partial charge in [0, 0.05) is 6.07 Å². The van der Waals surface area contributed by atoms with E-state index in [-0.39, 0.29) is 25.2 Å². The van der Waals surface area contributed by atoms with Crippen LogP contribution in [0.25, 0.3) is 0 Å². The first kappa shape index (κ1) is 16.0. The van der Waals surface area contributed by atoms with E-state index >= 15 is 0 Å². The van der Waals surface area contributed by atoms with Gasteiger partial charge in [-0.05, 0) is 25.3 Å². The summed E-state index contributed by atoms with van der Waals surface area (Å²) in [6, 6.07) is 0.127. The second-order valence-corrected chi connectivity index (χ2v) is 5.20. The van der Waals surface area contributed by atoms with Crippen LogP contribution in [0.3, 0.4) is 0 Å². The zero-order valence-electron chi connectivity index (χ0n) is 11.6. The molecule has 0 bridgehead atoms. The Bertz CT molecular complexity index is 496. The minimum Gasteiger partial charge on any atom is -0.485 e. The summed E-state index contributed by atoms with van der Waals surface area (Å²) in [7, 11) is 0. The molecule has 21 heavy (non-hydrogen) atoms. The summed E-state index contributed by atoms with van der Waals surface area (Å²) >= 11 is 0. The predicted molar refractivity (Wildman–Crippen MR) is 68.0 cm³/mol. The van der Waals surface area contributed by atoms with Crippen LogP contribution in [0.15, 0.2) is 6.07 Å². The fraction of sp³-hybridized carbons (Fsp3) is 0.571. The van der Waals surface area contributed by atoms with E-state index in [2.05, 4.69) is 5.32 Å². The predicted octanol–water partition coefficient (Wildman–Crippen LogP) is 2.37. The molecule has 1 fully saturated rings. The Hall–Kier alpha value is -1.34. The molecule has 7 heteroatoms. The molecule has 0 aliphatic heterocycles. The van der Waals surface area contributed by atoms with E-state index in [4.69, 9.17) is 4.74 Å². The van der Waals surface area contributed by atoms with Crippen molar-refractivity contribution in [3.05, 3.63) is 29.3 Å².